The smallest absolute Gasteiger partial charge is 0.264 e. The molecule has 0 spiro atoms. The van der Waals surface area contributed by atoms with Crippen LogP contribution in [0.25, 0.3) is 0 Å². The molecule has 27 heavy (non-hydrogen) atoms. The summed E-state index contributed by atoms with van der Waals surface area (Å²) < 4.78 is 13.1. The van der Waals surface area contributed by atoms with E-state index in [1.54, 1.807) is 4.90 Å². The quantitative estimate of drug-likeness (QED) is 0.796. The second-order valence-corrected chi connectivity index (χ2v) is 8.22. The van der Waals surface area contributed by atoms with Crippen molar-refractivity contribution in [2.45, 2.75) is 12.8 Å². The number of thiophene rings is 1. The molecule has 1 aromatic heterocycles. The third kappa shape index (κ3) is 3.61. The summed E-state index contributed by atoms with van der Waals surface area (Å²) in [6.45, 7) is 3.98. The van der Waals surface area contributed by atoms with E-state index in [0.717, 1.165) is 49.6 Å². The van der Waals surface area contributed by atoms with E-state index in [2.05, 4.69) is 11.9 Å². The Morgan fingerprint density at radius 3 is 2.56 bits per heavy atom. The van der Waals surface area contributed by atoms with Gasteiger partial charge in [-0.05, 0) is 50.3 Å². The Hall–Kier alpha value is -2.25. The van der Waals surface area contributed by atoms with Crippen molar-refractivity contribution in [3.05, 3.63) is 51.5 Å². The number of carbonyl (C=O) groups is 2. The molecular formula is C20H22FN3O2S. The lowest BCUT2D eigenvalue weighted by molar-refractivity contribution is 0.0767. The highest BCUT2D eigenvalue weighted by Gasteiger charge is 2.30. The van der Waals surface area contributed by atoms with Gasteiger partial charge in [-0.3, -0.25) is 9.59 Å². The van der Waals surface area contributed by atoms with Crippen molar-refractivity contribution in [2.75, 3.05) is 44.7 Å². The first-order chi connectivity index (χ1) is 13.0. The van der Waals surface area contributed by atoms with E-state index in [0.29, 0.717) is 17.0 Å². The van der Waals surface area contributed by atoms with Crippen LogP contribution in [-0.4, -0.2) is 61.4 Å². The van der Waals surface area contributed by atoms with Crippen LogP contribution < -0.4 is 4.90 Å². The predicted octanol–water partition coefficient (Wildman–Crippen LogP) is 2.87. The van der Waals surface area contributed by atoms with Crippen LogP contribution in [0.1, 0.15) is 31.3 Å². The molecule has 2 aliphatic heterocycles. The number of fused-ring (bicyclic) bond motifs is 1. The summed E-state index contributed by atoms with van der Waals surface area (Å²) in [5.74, 6) is -0.457. The number of amides is 2. The molecule has 1 fully saturated rings. The molecule has 2 amide bonds. The average molecular weight is 387 g/mol. The maximum atomic E-state index is 13.1. The van der Waals surface area contributed by atoms with Crippen molar-refractivity contribution in [3.8, 4) is 0 Å². The van der Waals surface area contributed by atoms with Crippen LogP contribution in [0.5, 0.6) is 0 Å². The van der Waals surface area contributed by atoms with Crippen LogP contribution in [0.2, 0.25) is 0 Å². The third-order valence-corrected chi connectivity index (χ3v) is 6.37. The van der Waals surface area contributed by atoms with Crippen molar-refractivity contribution in [1.29, 1.82) is 0 Å². The van der Waals surface area contributed by atoms with E-state index < -0.39 is 0 Å². The summed E-state index contributed by atoms with van der Waals surface area (Å²) >= 11 is 1.49. The largest absolute Gasteiger partial charge is 0.337 e. The fourth-order valence-corrected chi connectivity index (χ4v) is 4.75. The van der Waals surface area contributed by atoms with Crippen molar-refractivity contribution >= 4 is 28.8 Å². The van der Waals surface area contributed by atoms with Gasteiger partial charge >= 0.3 is 0 Å². The minimum Gasteiger partial charge on any atom is -0.337 e. The molecule has 7 heteroatoms. The summed E-state index contributed by atoms with van der Waals surface area (Å²) in [5, 5.41) is 0. The average Bonchev–Trinajstić information content (AvgIpc) is 3.17. The van der Waals surface area contributed by atoms with Gasteiger partial charge in [-0.15, -0.1) is 11.3 Å². The molecule has 1 aromatic carbocycles. The molecule has 5 nitrogen and oxygen atoms in total. The number of benzene rings is 1. The van der Waals surface area contributed by atoms with E-state index in [-0.39, 0.29) is 17.6 Å². The van der Waals surface area contributed by atoms with Gasteiger partial charge in [0.05, 0.1) is 10.6 Å². The summed E-state index contributed by atoms with van der Waals surface area (Å²) in [6, 6.07) is 7.45. The number of halogens is 1. The predicted molar refractivity (Wildman–Crippen MR) is 104 cm³/mol. The normalized spacial score (nSPS) is 17.7. The zero-order valence-corrected chi connectivity index (χ0v) is 16.1. The van der Waals surface area contributed by atoms with E-state index in [1.165, 1.54) is 35.6 Å². The number of likely N-dealkylation sites (N-methyl/N-ethyl adjacent to an activating group) is 1. The van der Waals surface area contributed by atoms with E-state index >= 15 is 0 Å². The molecule has 142 valence electrons. The van der Waals surface area contributed by atoms with Crippen LogP contribution >= 0.6 is 11.3 Å². The first-order valence-electron chi connectivity index (χ1n) is 9.21. The highest BCUT2D eigenvalue weighted by atomic mass is 32.1. The maximum Gasteiger partial charge on any atom is 0.264 e. The molecule has 0 radical (unpaired) electrons. The first kappa shape index (κ1) is 18.1. The van der Waals surface area contributed by atoms with Crippen LogP contribution in [0.3, 0.4) is 0 Å². The number of hydrogen-bond donors (Lipinski definition) is 0. The summed E-state index contributed by atoms with van der Waals surface area (Å²) in [7, 11) is 2.08. The second kappa shape index (κ2) is 7.40. The topological polar surface area (TPSA) is 43.9 Å². The van der Waals surface area contributed by atoms with Gasteiger partial charge in [-0.25, -0.2) is 4.39 Å². The SMILES string of the molecule is CN1CCCN(C(=O)c2cc3c(s2)CCN3C(=O)c2ccc(F)cc2)CC1. The van der Waals surface area contributed by atoms with E-state index in [4.69, 9.17) is 0 Å². The second-order valence-electron chi connectivity index (χ2n) is 7.08. The van der Waals surface area contributed by atoms with Crippen molar-refractivity contribution in [1.82, 2.24) is 9.80 Å². The zero-order valence-electron chi connectivity index (χ0n) is 15.3. The fourth-order valence-electron chi connectivity index (χ4n) is 3.63. The standard InChI is InChI=1S/C20H22FN3O2S/c1-22-8-2-9-23(12-11-22)20(26)18-13-16-17(27-18)7-10-24(16)19(25)14-3-5-15(21)6-4-14/h3-6,13H,2,7-12H2,1H3. The molecule has 4 rings (SSSR count). The Labute approximate surface area is 162 Å². The number of anilines is 1. The fraction of sp³-hybridized carbons (Fsp3) is 0.400. The van der Waals surface area contributed by atoms with E-state index in [9.17, 15) is 14.0 Å². The van der Waals surface area contributed by atoms with Crippen LogP contribution in [0.4, 0.5) is 10.1 Å². The van der Waals surface area contributed by atoms with Gasteiger partial charge in [-0.1, -0.05) is 0 Å². The molecule has 0 unspecified atom stereocenters. The highest BCUT2D eigenvalue weighted by Crippen LogP contribution is 2.37. The lowest BCUT2D eigenvalue weighted by atomic mass is 10.2. The Kier molecular flexibility index (Phi) is 4.97. The Morgan fingerprint density at radius 1 is 1.00 bits per heavy atom. The molecule has 0 bridgehead atoms. The van der Waals surface area contributed by atoms with Crippen LogP contribution in [0, 0.1) is 5.82 Å². The van der Waals surface area contributed by atoms with Crippen LogP contribution in [-0.2, 0) is 6.42 Å². The number of rotatable bonds is 2. The molecule has 1 saturated heterocycles. The number of hydrogen-bond acceptors (Lipinski definition) is 4. The molecular weight excluding hydrogens is 365 g/mol. The van der Waals surface area contributed by atoms with Gasteiger partial charge in [0, 0.05) is 43.0 Å². The summed E-state index contributed by atoms with van der Waals surface area (Å²) in [5.41, 5.74) is 1.28. The van der Waals surface area contributed by atoms with E-state index in [1.807, 2.05) is 11.0 Å². The zero-order chi connectivity index (χ0) is 19.0. The monoisotopic (exact) mass is 387 g/mol. The molecule has 3 heterocycles. The Balaban J connectivity index is 1.53. The Bertz CT molecular complexity index is 865. The van der Waals surface area contributed by atoms with Crippen molar-refractivity contribution in [3.63, 3.8) is 0 Å². The maximum absolute atomic E-state index is 13.1. The lowest BCUT2D eigenvalue weighted by Gasteiger charge is -2.20. The summed E-state index contributed by atoms with van der Waals surface area (Å²) in [6.07, 6.45) is 1.73. The molecule has 0 aliphatic carbocycles. The van der Waals surface area contributed by atoms with Gasteiger partial charge in [0.1, 0.15) is 5.82 Å². The minimum atomic E-state index is -0.361. The van der Waals surface area contributed by atoms with Gasteiger partial charge < -0.3 is 14.7 Å². The van der Waals surface area contributed by atoms with Gasteiger partial charge in [0.25, 0.3) is 11.8 Å². The van der Waals surface area contributed by atoms with Gasteiger partial charge in [0.15, 0.2) is 0 Å². The van der Waals surface area contributed by atoms with Gasteiger partial charge in [-0.2, -0.15) is 0 Å². The van der Waals surface area contributed by atoms with Crippen molar-refractivity contribution < 1.29 is 14.0 Å². The molecule has 2 aliphatic rings. The molecule has 0 saturated carbocycles. The molecule has 0 atom stereocenters. The van der Waals surface area contributed by atoms with Gasteiger partial charge in [0.2, 0.25) is 0 Å². The van der Waals surface area contributed by atoms with Crippen molar-refractivity contribution in [2.24, 2.45) is 0 Å². The summed E-state index contributed by atoms with van der Waals surface area (Å²) in [4.78, 5) is 33.3. The minimum absolute atomic E-state index is 0.0545. The van der Waals surface area contributed by atoms with Crippen LogP contribution in [0.15, 0.2) is 30.3 Å². The molecule has 0 N–H and O–H groups in total. The Morgan fingerprint density at radius 2 is 1.78 bits per heavy atom. The first-order valence-corrected chi connectivity index (χ1v) is 10.0. The number of carbonyl (C=O) groups excluding carboxylic acids is 2. The highest BCUT2D eigenvalue weighted by molar-refractivity contribution is 7.14. The molecule has 2 aromatic rings. The number of nitrogens with zero attached hydrogens (tertiary/aromatic N) is 3. The third-order valence-electron chi connectivity index (χ3n) is 5.19. The lowest BCUT2D eigenvalue weighted by Crippen LogP contribution is -2.34.